The van der Waals surface area contributed by atoms with Gasteiger partial charge in [0, 0.05) is 30.7 Å². The molecule has 1 aliphatic rings. The second-order valence-corrected chi connectivity index (χ2v) is 5.18. The summed E-state index contributed by atoms with van der Waals surface area (Å²) < 4.78 is 0. The summed E-state index contributed by atoms with van der Waals surface area (Å²) >= 11 is 6.14. The van der Waals surface area contributed by atoms with Gasteiger partial charge < -0.3 is 10.8 Å². The number of aliphatic hydroxyl groups is 1. The lowest BCUT2D eigenvalue weighted by Gasteiger charge is -2.24. The van der Waals surface area contributed by atoms with Gasteiger partial charge in [0.2, 0.25) is 0 Å². The lowest BCUT2D eigenvalue weighted by molar-refractivity contribution is 0.105. The van der Waals surface area contributed by atoms with E-state index in [0.717, 1.165) is 17.1 Å². The van der Waals surface area contributed by atoms with E-state index in [2.05, 4.69) is 11.0 Å². The summed E-state index contributed by atoms with van der Waals surface area (Å²) in [5, 5.41) is 10.3. The number of aliphatic hydroxyl groups excluding tert-OH is 1. The Morgan fingerprint density at radius 2 is 2.29 bits per heavy atom. The molecule has 94 valence electrons. The maximum atomic E-state index is 9.52. The third-order valence-corrected chi connectivity index (χ3v) is 3.86. The predicted octanol–water partition coefficient (Wildman–Crippen LogP) is 1.84. The molecule has 1 aromatic carbocycles. The molecular formula is C13H19ClN2O. The molecule has 0 spiro atoms. The number of benzene rings is 1. The maximum Gasteiger partial charge on any atom is 0.0639 e. The molecule has 4 heteroatoms. The maximum absolute atomic E-state index is 9.52. The van der Waals surface area contributed by atoms with Crippen molar-refractivity contribution in [3.8, 4) is 0 Å². The fraction of sp³-hybridized carbons (Fsp3) is 0.538. The SMILES string of the molecule is Cc1c(Cl)ccc2c1CN(CC(C)O)C2CN. The quantitative estimate of drug-likeness (QED) is 0.866. The van der Waals surface area contributed by atoms with Crippen LogP contribution in [0, 0.1) is 6.92 Å². The summed E-state index contributed by atoms with van der Waals surface area (Å²) in [5.41, 5.74) is 9.51. The minimum absolute atomic E-state index is 0.204. The van der Waals surface area contributed by atoms with Crippen molar-refractivity contribution in [1.29, 1.82) is 0 Å². The Morgan fingerprint density at radius 1 is 1.59 bits per heavy atom. The summed E-state index contributed by atoms with van der Waals surface area (Å²) in [7, 11) is 0. The van der Waals surface area contributed by atoms with Crippen molar-refractivity contribution in [3.05, 3.63) is 33.8 Å². The molecule has 0 aliphatic carbocycles. The van der Waals surface area contributed by atoms with Gasteiger partial charge in [-0.15, -0.1) is 0 Å². The first-order valence-electron chi connectivity index (χ1n) is 5.94. The zero-order valence-corrected chi connectivity index (χ0v) is 11.0. The molecule has 0 amide bonds. The predicted molar refractivity (Wildman–Crippen MR) is 70.1 cm³/mol. The summed E-state index contributed by atoms with van der Waals surface area (Å²) in [6.45, 7) is 5.89. The Kier molecular flexibility index (Phi) is 3.73. The Morgan fingerprint density at radius 3 is 2.88 bits per heavy atom. The molecule has 2 atom stereocenters. The Bertz CT molecular complexity index is 420. The van der Waals surface area contributed by atoms with Crippen LogP contribution in [0.4, 0.5) is 0 Å². The fourth-order valence-corrected chi connectivity index (χ4v) is 2.77. The van der Waals surface area contributed by atoms with Gasteiger partial charge in [-0.2, -0.15) is 0 Å². The van der Waals surface area contributed by atoms with Crippen LogP contribution < -0.4 is 5.73 Å². The first-order chi connectivity index (χ1) is 8.04. The number of nitrogens with zero attached hydrogens (tertiary/aromatic N) is 1. The highest BCUT2D eigenvalue weighted by molar-refractivity contribution is 6.31. The van der Waals surface area contributed by atoms with E-state index in [4.69, 9.17) is 17.3 Å². The summed E-state index contributed by atoms with van der Waals surface area (Å²) in [5.74, 6) is 0. The van der Waals surface area contributed by atoms with Gasteiger partial charge >= 0.3 is 0 Å². The normalized spacial score (nSPS) is 21.6. The first kappa shape index (κ1) is 12.8. The molecule has 0 saturated heterocycles. The standard InChI is InChI=1S/C13H19ClN2O/c1-8(17)6-16-7-11-9(2)12(14)4-3-10(11)13(16)5-15/h3-4,8,13,17H,5-7,15H2,1-2H3. The smallest absolute Gasteiger partial charge is 0.0639 e. The van der Waals surface area contributed by atoms with Crippen LogP contribution in [0.15, 0.2) is 12.1 Å². The molecule has 3 N–H and O–H groups in total. The highest BCUT2D eigenvalue weighted by Gasteiger charge is 2.31. The minimum atomic E-state index is -0.339. The van der Waals surface area contributed by atoms with Gasteiger partial charge in [-0.3, -0.25) is 4.90 Å². The molecule has 0 bridgehead atoms. The van der Waals surface area contributed by atoms with Crippen LogP contribution in [0.5, 0.6) is 0 Å². The number of rotatable bonds is 3. The van der Waals surface area contributed by atoms with Crippen LogP contribution in [0.3, 0.4) is 0 Å². The van der Waals surface area contributed by atoms with E-state index in [9.17, 15) is 5.11 Å². The molecule has 0 fully saturated rings. The van der Waals surface area contributed by atoms with Crippen LogP contribution in [0.25, 0.3) is 0 Å². The van der Waals surface area contributed by atoms with E-state index < -0.39 is 0 Å². The lowest BCUT2D eigenvalue weighted by atomic mass is 10.0. The van der Waals surface area contributed by atoms with Crippen LogP contribution in [-0.2, 0) is 6.54 Å². The molecule has 3 nitrogen and oxygen atoms in total. The minimum Gasteiger partial charge on any atom is -0.392 e. The van der Waals surface area contributed by atoms with E-state index in [0.29, 0.717) is 13.1 Å². The summed E-state index contributed by atoms with van der Waals surface area (Å²) in [6.07, 6.45) is -0.339. The van der Waals surface area contributed by atoms with E-state index in [1.807, 2.05) is 13.0 Å². The Labute approximate surface area is 107 Å². The zero-order chi connectivity index (χ0) is 12.6. The van der Waals surface area contributed by atoms with Gasteiger partial charge in [-0.1, -0.05) is 17.7 Å². The Balaban J connectivity index is 2.34. The van der Waals surface area contributed by atoms with Crippen LogP contribution in [0.1, 0.15) is 29.7 Å². The van der Waals surface area contributed by atoms with Crippen LogP contribution >= 0.6 is 11.6 Å². The van der Waals surface area contributed by atoms with E-state index in [-0.39, 0.29) is 12.1 Å². The molecule has 0 aromatic heterocycles. The number of halogens is 1. The van der Waals surface area contributed by atoms with E-state index in [1.165, 1.54) is 11.1 Å². The number of β-amino-alcohol motifs (C(OH)–C–C–N with tert-alkyl or cyclic N) is 1. The summed E-state index contributed by atoms with van der Waals surface area (Å²) in [6, 6.07) is 4.20. The molecule has 0 radical (unpaired) electrons. The monoisotopic (exact) mass is 254 g/mol. The van der Waals surface area contributed by atoms with Crippen molar-refractivity contribution < 1.29 is 5.11 Å². The van der Waals surface area contributed by atoms with Gasteiger partial charge in [-0.25, -0.2) is 0 Å². The highest BCUT2D eigenvalue weighted by atomic mass is 35.5. The molecule has 2 unspecified atom stereocenters. The van der Waals surface area contributed by atoms with Gasteiger partial charge in [-0.05, 0) is 36.6 Å². The van der Waals surface area contributed by atoms with Crippen molar-refractivity contribution in [3.63, 3.8) is 0 Å². The van der Waals surface area contributed by atoms with Crippen molar-refractivity contribution in [2.45, 2.75) is 32.5 Å². The molecule has 1 aromatic rings. The molecule has 17 heavy (non-hydrogen) atoms. The molecule has 0 saturated carbocycles. The van der Waals surface area contributed by atoms with Crippen molar-refractivity contribution in [2.24, 2.45) is 5.73 Å². The second-order valence-electron chi connectivity index (χ2n) is 4.77. The molecular weight excluding hydrogens is 236 g/mol. The van der Waals surface area contributed by atoms with Gasteiger partial charge in [0.15, 0.2) is 0 Å². The van der Waals surface area contributed by atoms with Crippen LogP contribution in [-0.4, -0.2) is 29.2 Å². The van der Waals surface area contributed by atoms with Crippen LogP contribution in [0.2, 0.25) is 5.02 Å². The number of nitrogens with two attached hydrogens (primary N) is 1. The number of fused-ring (bicyclic) bond motifs is 1. The summed E-state index contributed by atoms with van der Waals surface area (Å²) in [4.78, 5) is 2.22. The average Bonchev–Trinajstić information content (AvgIpc) is 2.61. The molecule has 1 aliphatic heterocycles. The molecule has 1 heterocycles. The van der Waals surface area contributed by atoms with E-state index >= 15 is 0 Å². The third-order valence-electron chi connectivity index (χ3n) is 3.45. The zero-order valence-electron chi connectivity index (χ0n) is 10.3. The van der Waals surface area contributed by atoms with E-state index in [1.54, 1.807) is 6.92 Å². The second kappa shape index (κ2) is 4.94. The number of hydrogen-bond donors (Lipinski definition) is 2. The topological polar surface area (TPSA) is 49.5 Å². The Hall–Kier alpha value is -0.610. The van der Waals surface area contributed by atoms with Crippen molar-refractivity contribution >= 4 is 11.6 Å². The van der Waals surface area contributed by atoms with Crippen molar-refractivity contribution in [1.82, 2.24) is 4.90 Å². The highest BCUT2D eigenvalue weighted by Crippen LogP contribution is 2.37. The van der Waals surface area contributed by atoms with Gasteiger partial charge in [0.25, 0.3) is 0 Å². The van der Waals surface area contributed by atoms with Gasteiger partial charge in [0.05, 0.1) is 6.10 Å². The average molecular weight is 255 g/mol. The fourth-order valence-electron chi connectivity index (χ4n) is 2.59. The largest absolute Gasteiger partial charge is 0.392 e. The molecule has 2 rings (SSSR count). The lowest BCUT2D eigenvalue weighted by Crippen LogP contribution is -2.33. The van der Waals surface area contributed by atoms with Gasteiger partial charge in [0.1, 0.15) is 0 Å². The number of hydrogen-bond acceptors (Lipinski definition) is 3. The third kappa shape index (κ3) is 2.33. The van der Waals surface area contributed by atoms with Crippen molar-refractivity contribution in [2.75, 3.05) is 13.1 Å². The first-order valence-corrected chi connectivity index (χ1v) is 6.32.